The summed E-state index contributed by atoms with van der Waals surface area (Å²) in [5.74, 6) is 0.452. The molecule has 2 rings (SSSR count). The molecule has 0 saturated heterocycles. The first-order valence-corrected chi connectivity index (χ1v) is 5.59. The lowest BCUT2D eigenvalue weighted by molar-refractivity contribution is 1.04. The summed E-state index contributed by atoms with van der Waals surface area (Å²) in [5, 5.41) is 0. The first kappa shape index (κ1) is 12.4. The Morgan fingerprint density at radius 2 is 1.88 bits per heavy atom. The van der Waals surface area contributed by atoms with Crippen LogP contribution in [0.25, 0.3) is 11.0 Å². The number of fused-ring (bicyclic) bond motifs is 1. The standard InChI is InChI=1S/C10H12N4.C2H6/c1-3-7-4-6(2)8-9(14-7)10(11)13-5-12-8;1-2/h4-5H,3H2,1-2H3,(H2,11,12,13);1-2H3. The van der Waals surface area contributed by atoms with Gasteiger partial charge >= 0.3 is 0 Å². The van der Waals surface area contributed by atoms with Crippen LogP contribution in [0.4, 0.5) is 5.82 Å². The van der Waals surface area contributed by atoms with Gasteiger partial charge in [0.05, 0.1) is 5.52 Å². The number of aromatic nitrogens is 3. The first-order valence-electron chi connectivity index (χ1n) is 5.59. The fourth-order valence-corrected chi connectivity index (χ4v) is 1.47. The van der Waals surface area contributed by atoms with Crippen LogP contribution in [0, 0.1) is 6.92 Å². The van der Waals surface area contributed by atoms with Crippen molar-refractivity contribution in [1.29, 1.82) is 0 Å². The van der Waals surface area contributed by atoms with Crippen LogP contribution >= 0.6 is 0 Å². The number of pyridine rings is 1. The van der Waals surface area contributed by atoms with Crippen LogP contribution in [0.5, 0.6) is 0 Å². The SMILES string of the molecule is CC.CCc1cc(C)c2ncnc(N)c2n1. The monoisotopic (exact) mass is 218 g/mol. The van der Waals surface area contributed by atoms with E-state index in [1.165, 1.54) is 6.33 Å². The lowest BCUT2D eigenvalue weighted by Crippen LogP contribution is -1.99. The molecule has 2 N–H and O–H groups in total. The molecule has 0 fully saturated rings. The second-order valence-corrected chi connectivity index (χ2v) is 3.24. The number of hydrogen-bond acceptors (Lipinski definition) is 4. The molecule has 86 valence electrons. The van der Waals surface area contributed by atoms with Gasteiger partial charge in [-0.3, -0.25) is 0 Å². The van der Waals surface area contributed by atoms with Gasteiger partial charge in [0.2, 0.25) is 0 Å². The van der Waals surface area contributed by atoms with Crippen molar-refractivity contribution in [3.63, 3.8) is 0 Å². The summed E-state index contributed by atoms with van der Waals surface area (Å²) in [4.78, 5) is 12.5. The summed E-state index contributed by atoms with van der Waals surface area (Å²) in [7, 11) is 0. The van der Waals surface area contributed by atoms with E-state index in [1.54, 1.807) is 0 Å². The molecule has 2 heterocycles. The number of nitrogens with two attached hydrogens (primary N) is 1. The number of nitrogens with zero attached hydrogens (tertiary/aromatic N) is 3. The number of nitrogen functional groups attached to an aromatic ring is 1. The summed E-state index contributed by atoms with van der Waals surface area (Å²) in [6.07, 6.45) is 2.36. The van der Waals surface area contributed by atoms with Gasteiger partial charge in [-0.05, 0) is 25.0 Å². The highest BCUT2D eigenvalue weighted by Gasteiger charge is 2.05. The normalized spacial score (nSPS) is 9.75. The van der Waals surface area contributed by atoms with Crippen LogP contribution in [-0.2, 0) is 6.42 Å². The van der Waals surface area contributed by atoms with Gasteiger partial charge in [-0.1, -0.05) is 20.8 Å². The van der Waals surface area contributed by atoms with Gasteiger partial charge in [-0.15, -0.1) is 0 Å². The Balaban J connectivity index is 0.000000606. The Morgan fingerprint density at radius 1 is 1.19 bits per heavy atom. The van der Waals surface area contributed by atoms with Gasteiger partial charge in [0.25, 0.3) is 0 Å². The Kier molecular flexibility index (Phi) is 4.17. The van der Waals surface area contributed by atoms with Gasteiger partial charge in [0.15, 0.2) is 5.82 Å². The minimum atomic E-state index is 0.452. The fourth-order valence-electron chi connectivity index (χ4n) is 1.47. The zero-order valence-electron chi connectivity index (χ0n) is 10.3. The van der Waals surface area contributed by atoms with Gasteiger partial charge < -0.3 is 5.73 Å². The minimum absolute atomic E-state index is 0.452. The number of anilines is 1. The second kappa shape index (κ2) is 5.39. The van der Waals surface area contributed by atoms with Crippen molar-refractivity contribution >= 4 is 16.9 Å². The Labute approximate surface area is 95.9 Å². The molecule has 0 atom stereocenters. The summed E-state index contributed by atoms with van der Waals surface area (Å²) >= 11 is 0. The highest BCUT2D eigenvalue weighted by molar-refractivity contribution is 5.86. The molecule has 0 bridgehead atoms. The maximum Gasteiger partial charge on any atom is 0.153 e. The van der Waals surface area contributed by atoms with E-state index in [9.17, 15) is 0 Å². The van der Waals surface area contributed by atoms with E-state index < -0.39 is 0 Å². The molecule has 0 aromatic carbocycles. The van der Waals surface area contributed by atoms with Gasteiger partial charge in [-0.2, -0.15) is 0 Å². The van der Waals surface area contributed by atoms with E-state index in [-0.39, 0.29) is 0 Å². The Bertz CT molecular complexity index is 480. The predicted octanol–water partition coefficient (Wildman–Crippen LogP) is 2.50. The van der Waals surface area contributed by atoms with Crippen LogP contribution in [0.2, 0.25) is 0 Å². The van der Waals surface area contributed by atoms with Crippen molar-refractivity contribution in [2.45, 2.75) is 34.1 Å². The van der Waals surface area contributed by atoms with Crippen molar-refractivity contribution in [3.05, 3.63) is 23.7 Å². The smallest absolute Gasteiger partial charge is 0.153 e. The molecule has 0 unspecified atom stereocenters. The fraction of sp³-hybridized carbons (Fsp3) is 0.417. The van der Waals surface area contributed by atoms with Crippen molar-refractivity contribution in [3.8, 4) is 0 Å². The number of rotatable bonds is 1. The lowest BCUT2D eigenvalue weighted by atomic mass is 10.1. The third-order valence-electron chi connectivity index (χ3n) is 2.22. The van der Waals surface area contributed by atoms with Crippen molar-refractivity contribution in [1.82, 2.24) is 15.0 Å². The maximum absolute atomic E-state index is 5.74. The molecule has 4 heteroatoms. The third kappa shape index (κ3) is 2.27. The first-order chi connectivity index (χ1) is 7.72. The quantitative estimate of drug-likeness (QED) is 0.798. The van der Waals surface area contributed by atoms with E-state index in [0.29, 0.717) is 11.3 Å². The molecule has 0 aliphatic rings. The van der Waals surface area contributed by atoms with E-state index in [0.717, 1.165) is 23.2 Å². The highest BCUT2D eigenvalue weighted by Crippen LogP contribution is 2.18. The molecule has 0 spiro atoms. The summed E-state index contributed by atoms with van der Waals surface area (Å²) < 4.78 is 0. The van der Waals surface area contributed by atoms with Gasteiger partial charge in [0.1, 0.15) is 11.8 Å². The third-order valence-corrected chi connectivity index (χ3v) is 2.22. The summed E-state index contributed by atoms with van der Waals surface area (Å²) in [6.45, 7) is 8.07. The summed E-state index contributed by atoms with van der Waals surface area (Å²) in [6, 6.07) is 2.04. The van der Waals surface area contributed by atoms with Crippen LogP contribution in [0.1, 0.15) is 32.0 Å². The summed E-state index contributed by atoms with van der Waals surface area (Å²) in [5.41, 5.74) is 9.41. The largest absolute Gasteiger partial charge is 0.382 e. The van der Waals surface area contributed by atoms with E-state index in [2.05, 4.69) is 21.9 Å². The minimum Gasteiger partial charge on any atom is -0.382 e. The van der Waals surface area contributed by atoms with Crippen molar-refractivity contribution in [2.75, 3.05) is 5.73 Å². The van der Waals surface area contributed by atoms with Crippen LogP contribution in [0.3, 0.4) is 0 Å². The van der Waals surface area contributed by atoms with Gasteiger partial charge in [-0.25, -0.2) is 15.0 Å². The number of hydrogen-bond donors (Lipinski definition) is 1. The zero-order valence-corrected chi connectivity index (χ0v) is 10.3. The average molecular weight is 218 g/mol. The van der Waals surface area contributed by atoms with Crippen LogP contribution < -0.4 is 5.73 Å². The molecular formula is C12H18N4. The molecule has 2 aromatic heterocycles. The molecule has 0 aliphatic heterocycles. The molecule has 4 nitrogen and oxygen atoms in total. The zero-order chi connectivity index (χ0) is 12.1. The topological polar surface area (TPSA) is 64.7 Å². The van der Waals surface area contributed by atoms with Crippen molar-refractivity contribution in [2.24, 2.45) is 0 Å². The molecule has 0 amide bonds. The van der Waals surface area contributed by atoms with E-state index in [4.69, 9.17) is 5.73 Å². The molecule has 0 aliphatic carbocycles. The average Bonchev–Trinajstić information content (AvgIpc) is 2.33. The van der Waals surface area contributed by atoms with Crippen molar-refractivity contribution < 1.29 is 0 Å². The highest BCUT2D eigenvalue weighted by atomic mass is 14.9. The van der Waals surface area contributed by atoms with E-state index >= 15 is 0 Å². The van der Waals surface area contributed by atoms with Crippen LogP contribution in [0.15, 0.2) is 12.4 Å². The molecule has 16 heavy (non-hydrogen) atoms. The Hall–Kier alpha value is -1.71. The second-order valence-electron chi connectivity index (χ2n) is 3.24. The molecule has 2 aromatic rings. The lowest BCUT2D eigenvalue weighted by Gasteiger charge is -2.04. The molecular weight excluding hydrogens is 200 g/mol. The Morgan fingerprint density at radius 3 is 2.50 bits per heavy atom. The molecule has 0 radical (unpaired) electrons. The predicted molar refractivity (Wildman–Crippen MR) is 67.2 cm³/mol. The molecule has 0 saturated carbocycles. The maximum atomic E-state index is 5.74. The van der Waals surface area contributed by atoms with Crippen LogP contribution in [-0.4, -0.2) is 15.0 Å². The van der Waals surface area contributed by atoms with Gasteiger partial charge in [0, 0.05) is 5.69 Å². The number of aryl methyl sites for hydroxylation is 2. The van der Waals surface area contributed by atoms with E-state index in [1.807, 2.05) is 26.8 Å².